The van der Waals surface area contributed by atoms with Gasteiger partial charge in [-0.25, -0.2) is 14.8 Å². The average molecular weight is 209 g/mol. The molecule has 0 aliphatic carbocycles. The van der Waals surface area contributed by atoms with Gasteiger partial charge in [-0.3, -0.25) is 0 Å². The molecule has 15 heavy (non-hydrogen) atoms. The lowest BCUT2D eigenvalue weighted by molar-refractivity contribution is -0.138. The van der Waals surface area contributed by atoms with Gasteiger partial charge in [-0.05, 0) is 18.9 Å². The number of aromatic nitrogens is 2. The molecule has 0 bridgehead atoms. The third kappa shape index (κ3) is 3.19. The molecule has 0 aromatic carbocycles. The van der Waals surface area contributed by atoms with Crippen molar-refractivity contribution in [2.24, 2.45) is 5.92 Å². The van der Waals surface area contributed by atoms with E-state index >= 15 is 0 Å². The van der Waals surface area contributed by atoms with Gasteiger partial charge in [-0.15, -0.1) is 0 Å². The van der Waals surface area contributed by atoms with Gasteiger partial charge in [0, 0.05) is 11.9 Å². The number of hydrogen-bond donors (Lipinski definition) is 2. The van der Waals surface area contributed by atoms with E-state index in [1.165, 1.54) is 0 Å². The third-order valence-electron chi connectivity index (χ3n) is 2.01. The Bertz CT molecular complexity index is 352. The van der Waals surface area contributed by atoms with Gasteiger partial charge >= 0.3 is 5.97 Å². The van der Waals surface area contributed by atoms with E-state index in [-0.39, 0.29) is 5.92 Å². The number of nitrogens with zero attached hydrogens (tertiary/aromatic N) is 2. The van der Waals surface area contributed by atoms with Crippen LogP contribution in [0.2, 0.25) is 0 Å². The van der Waals surface area contributed by atoms with Gasteiger partial charge in [0.05, 0.1) is 0 Å². The van der Waals surface area contributed by atoms with Crippen molar-refractivity contribution < 1.29 is 9.90 Å². The Morgan fingerprint density at radius 1 is 1.53 bits per heavy atom. The molecular formula is C10H15N3O2. The van der Waals surface area contributed by atoms with Crippen LogP contribution in [0.25, 0.3) is 0 Å². The highest BCUT2D eigenvalue weighted by Gasteiger charge is 2.21. The number of aliphatic carboxylic acids is 1. The van der Waals surface area contributed by atoms with E-state index in [1.807, 2.05) is 20.8 Å². The first-order chi connectivity index (χ1) is 7.00. The average Bonchev–Trinajstić information content (AvgIpc) is 2.13. The number of hydrogen-bond acceptors (Lipinski definition) is 4. The number of rotatable bonds is 4. The summed E-state index contributed by atoms with van der Waals surface area (Å²) in [7, 11) is 0. The molecule has 1 atom stereocenters. The van der Waals surface area contributed by atoms with Crippen molar-refractivity contribution in [3.63, 3.8) is 0 Å². The first-order valence-electron chi connectivity index (χ1n) is 4.79. The van der Waals surface area contributed by atoms with E-state index in [2.05, 4.69) is 15.3 Å². The van der Waals surface area contributed by atoms with Gasteiger partial charge in [0.15, 0.2) is 0 Å². The van der Waals surface area contributed by atoms with Crippen LogP contribution in [0, 0.1) is 12.8 Å². The molecule has 0 spiro atoms. The molecule has 5 nitrogen and oxygen atoms in total. The number of carboxylic acids is 1. The monoisotopic (exact) mass is 209 g/mol. The molecule has 5 heteroatoms. The Kier molecular flexibility index (Phi) is 3.60. The van der Waals surface area contributed by atoms with Crippen molar-refractivity contribution in [2.45, 2.75) is 26.8 Å². The smallest absolute Gasteiger partial charge is 0.326 e. The van der Waals surface area contributed by atoms with Crippen molar-refractivity contribution in [1.82, 2.24) is 9.97 Å². The molecule has 0 aliphatic rings. The Morgan fingerprint density at radius 3 is 2.67 bits per heavy atom. The first-order valence-corrected chi connectivity index (χ1v) is 4.79. The summed E-state index contributed by atoms with van der Waals surface area (Å²) in [5, 5.41) is 11.8. The predicted molar refractivity (Wildman–Crippen MR) is 56.7 cm³/mol. The fraction of sp³-hybridized carbons (Fsp3) is 0.500. The standard InChI is InChI=1S/C10H15N3O2/c1-6(2)8(9(14)15)13-10-11-5-4-7(3)12-10/h4-6,8H,1-3H3,(H,14,15)(H,11,12,13). The molecule has 2 N–H and O–H groups in total. The maximum Gasteiger partial charge on any atom is 0.326 e. The van der Waals surface area contributed by atoms with Crippen LogP contribution in [0.3, 0.4) is 0 Å². The van der Waals surface area contributed by atoms with E-state index in [9.17, 15) is 4.79 Å². The van der Waals surface area contributed by atoms with Gasteiger partial charge in [0.1, 0.15) is 6.04 Å². The van der Waals surface area contributed by atoms with Crippen LogP contribution in [0.15, 0.2) is 12.3 Å². The van der Waals surface area contributed by atoms with Crippen LogP contribution in [-0.2, 0) is 4.79 Å². The van der Waals surface area contributed by atoms with E-state index in [0.717, 1.165) is 5.69 Å². The largest absolute Gasteiger partial charge is 0.480 e. The number of nitrogens with one attached hydrogen (secondary N) is 1. The lowest BCUT2D eigenvalue weighted by Crippen LogP contribution is -2.34. The molecule has 1 aromatic heterocycles. The second-order valence-electron chi connectivity index (χ2n) is 3.73. The molecule has 1 heterocycles. The summed E-state index contributed by atoms with van der Waals surface area (Å²) in [4.78, 5) is 19.0. The summed E-state index contributed by atoms with van der Waals surface area (Å²) < 4.78 is 0. The van der Waals surface area contributed by atoms with Gasteiger partial charge < -0.3 is 10.4 Å². The predicted octanol–water partition coefficient (Wildman–Crippen LogP) is 1.31. The van der Waals surface area contributed by atoms with Crippen LogP contribution in [0.1, 0.15) is 19.5 Å². The number of aryl methyl sites for hydroxylation is 1. The fourth-order valence-corrected chi connectivity index (χ4v) is 1.17. The van der Waals surface area contributed by atoms with Crippen LogP contribution < -0.4 is 5.32 Å². The van der Waals surface area contributed by atoms with Crippen LogP contribution in [0.4, 0.5) is 5.95 Å². The van der Waals surface area contributed by atoms with Gasteiger partial charge in [0.25, 0.3) is 0 Å². The van der Waals surface area contributed by atoms with Crippen LogP contribution in [-0.4, -0.2) is 27.1 Å². The zero-order valence-corrected chi connectivity index (χ0v) is 9.06. The normalized spacial score (nSPS) is 12.5. The zero-order chi connectivity index (χ0) is 11.4. The van der Waals surface area contributed by atoms with Gasteiger partial charge in [-0.2, -0.15) is 0 Å². The number of carbonyl (C=O) groups is 1. The topological polar surface area (TPSA) is 75.1 Å². The summed E-state index contributed by atoms with van der Waals surface area (Å²) in [5.41, 5.74) is 0.806. The second kappa shape index (κ2) is 4.72. The Morgan fingerprint density at radius 2 is 2.20 bits per heavy atom. The van der Waals surface area contributed by atoms with E-state index in [4.69, 9.17) is 5.11 Å². The Labute approximate surface area is 88.6 Å². The number of anilines is 1. The molecule has 1 unspecified atom stereocenters. The quantitative estimate of drug-likeness (QED) is 0.781. The molecule has 1 rings (SSSR count). The lowest BCUT2D eigenvalue weighted by Gasteiger charge is -2.17. The minimum atomic E-state index is -0.893. The maximum absolute atomic E-state index is 10.9. The summed E-state index contributed by atoms with van der Waals surface area (Å²) in [5.74, 6) is -0.558. The van der Waals surface area contributed by atoms with Crippen LogP contribution >= 0.6 is 0 Å². The second-order valence-corrected chi connectivity index (χ2v) is 3.73. The lowest BCUT2D eigenvalue weighted by atomic mass is 10.1. The molecular weight excluding hydrogens is 194 g/mol. The van der Waals surface area contributed by atoms with Crippen molar-refractivity contribution in [1.29, 1.82) is 0 Å². The molecule has 0 fully saturated rings. The molecule has 0 radical (unpaired) electrons. The molecule has 1 aromatic rings. The van der Waals surface area contributed by atoms with Crippen molar-refractivity contribution in [2.75, 3.05) is 5.32 Å². The maximum atomic E-state index is 10.9. The molecule has 0 saturated heterocycles. The van der Waals surface area contributed by atoms with E-state index in [0.29, 0.717) is 5.95 Å². The third-order valence-corrected chi connectivity index (χ3v) is 2.01. The summed E-state index contributed by atoms with van der Waals surface area (Å²) in [6.07, 6.45) is 1.60. The Balaban J connectivity index is 2.79. The van der Waals surface area contributed by atoms with Gasteiger partial charge in [0.2, 0.25) is 5.95 Å². The van der Waals surface area contributed by atoms with Crippen LogP contribution in [0.5, 0.6) is 0 Å². The minimum absolute atomic E-state index is 0.0217. The van der Waals surface area contributed by atoms with E-state index < -0.39 is 12.0 Å². The van der Waals surface area contributed by atoms with E-state index in [1.54, 1.807) is 12.3 Å². The summed E-state index contributed by atoms with van der Waals surface area (Å²) in [6, 6.07) is 1.10. The fourth-order valence-electron chi connectivity index (χ4n) is 1.17. The highest BCUT2D eigenvalue weighted by atomic mass is 16.4. The highest BCUT2D eigenvalue weighted by Crippen LogP contribution is 2.08. The zero-order valence-electron chi connectivity index (χ0n) is 9.06. The summed E-state index contributed by atoms with van der Waals surface area (Å²) >= 11 is 0. The molecule has 0 saturated carbocycles. The van der Waals surface area contributed by atoms with Crippen molar-refractivity contribution in [3.05, 3.63) is 18.0 Å². The number of carboxylic acid groups (broad SMARTS) is 1. The Hall–Kier alpha value is -1.65. The molecule has 82 valence electrons. The van der Waals surface area contributed by atoms with Crippen molar-refractivity contribution >= 4 is 11.9 Å². The highest BCUT2D eigenvalue weighted by molar-refractivity contribution is 5.76. The van der Waals surface area contributed by atoms with Crippen molar-refractivity contribution in [3.8, 4) is 0 Å². The minimum Gasteiger partial charge on any atom is -0.480 e. The molecule has 0 amide bonds. The van der Waals surface area contributed by atoms with Gasteiger partial charge in [-0.1, -0.05) is 13.8 Å². The first kappa shape index (κ1) is 11.4. The molecule has 0 aliphatic heterocycles. The summed E-state index contributed by atoms with van der Waals surface area (Å²) in [6.45, 7) is 5.50. The SMILES string of the molecule is Cc1ccnc(NC(C(=O)O)C(C)C)n1.